The highest BCUT2D eigenvalue weighted by molar-refractivity contribution is 5.79. The summed E-state index contributed by atoms with van der Waals surface area (Å²) in [5, 5.41) is 6.90. The minimum absolute atomic E-state index is 0.149. The Hall–Kier alpha value is -1.70. The summed E-state index contributed by atoms with van der Waals surface area (Å²) in [6.07, 6.45) is 2.62. The molecule has 1 saturated heterocycles. The fourth-order valence-corrected chi connectivity index (χ4v) is 3.97. The molecule has 2 atom stereocenters. The van der Waals surface area contributed by atoms with E-state index in [9.17, 15) is 4.39 Å². The second kappa shape index (κ2) is 10.9. The number of morpholine rings is 1. The smallest absolute Gasteiger partial charge is 0.191 e. The molecule has 1 aromatic carbocycles. The molecule has 2 aliphatic rings. The van der Waals surface area contributed by atoms with E-state index in [0.29, 0.717) is 12.6 Å². The molecule has 0 amide bonds. The summed E-state index contributed by atoms with van der Waals surface area (Å²) in [6, 6.07) is 7.50. The molecule has 1 heterocycles. The molecule has 3 rings (SSSR count). The number of ether oxygens (including phenoxy) is 1. The summed E-state index contributed by atoms with van der Waals surface area (Å²) in [7, 11) is 4.28. The normalized spacial score (nSPS) is 20.5. The molecule has 1 aliphatic heterocycles. The first-order valence-corrected chi connectivity index (χ1v) is 10.8. The molecule has 1 aliphatic carbocycles. The first-order chi connectivity index (χ1) is 14.1. The van der Waals surface area contributed by atoms with Gasteiger partial charge in [-0.1, -0.05) is 12.1 Å². The quantitative estimate of drug-likeness (QED) is 0.487. The van der Waals surface area contributed by atoms with Crippen LogP contribution in [0.5, 0.6) is 0 Å². The average molecular weight is 406 g/mol. The molecule has 1 aromatic rings. The molecule has 162 valence electrons. The van der Waals surface area contributed by atoms with Crippen molar-refractivity contribution in [1.82, 2.24) is 20.4 Å². The number of likely N-dealkylation sites (N-methyl/N-ethyl adjacent to an activating group) is 1. The lowest BCUT2D eigenvalue weighted by molar-refractivity contribution is 0.0170. The summed E-state index contributed by atoms with van der Waals surface area (Å²) < 4.78 is 19.0. The van der Waals surface area contributed by atoms with E-state index in [2.05, 4.69) is 41.5 Å². The third-order valence-corrected chi connectivity index (χ3v) is 5.81. The Kier molecular flexibility index (Phi) is 8.27. The van der Waals surface area contributed by atoms with Crippen LogP contribution in [0, 0.1) is 11.7 Å². The van der Waals surface area contributed by atoms with E-state index in [1.165, 1.54) is 12.8 Å². The molecule has 29 heavy (non-hydrogen) atoms. The van der Waals surface area contributed by atoms with Crippen LogP contribution in [0.2, 0.25) is 0 Å². The average Bonchev–Trinajstić information content (AvgIpc) is 3.55. The second-order valence-corrected chi connectivity index (χ2v) is 8.18. The lowest BCUT2D eigenvalue weighted by Crippen LogP contribution is -2.46. The Labute approximate surface area is 174 Å². The van der Waals surface area contributed by atoms with Crippen molar-refractivity contribution in [1.29, 1.82) is 0 Å². The molecular formula is C22H36FN5O. The monoisotopic (exact) mass is 405 g/mol. The highest BCUT2D eigenvalue weighted by Crippen LogP contribution is 2.34. The zero-order chi connectivity index (χ0) is 20.6. The molecule has 0 radical (unpaired) electrons. The van der Waals surface area contributed by atoms with Crippen molar-refractivity contribution >= 4 is 5.96 Å². The van der Waals surface area contributed by atoms with E-state index in [4.69, 9.17) is 9.73 Å². The SMILES string of the molecule is CCNC(=NCC(C1CC1)N(C)C)NCC(c1ccc(F)cc1)N1CCOCC1. The van der Waals surface area contributed by atoms with Crippen LogP contribution in [0.4, 0.5) is 4.39 Å². The molecule has 2 N–H and O–H groups in total. The number of hydrogen-bond donors (Lipinski definition) is 2. The predicted octanol–water partition coefficient (Wildman–Crippen LogP) is 2.09. The summed E-state index contributed by atoms with van der Waals surface area (Å²) in [5.41, 5.74) is 1.11. The van der Waals surface area contributed by atoms with Gasteiger partial charge in [0.05, 0.1) is 25.8 Å². The Balaban J connectivity index is 1.67. The summed E-state index contributed by atoms with van der Waals surface area (Å²) >= 11 is 0. The van der Waals surface area contributed by atoms with Gasteiger partial charge in [0.15, 0.2) is 5.96 Å². The maximum atomic E-state index is 13.4. The minimum Gasteiger partial charge on any atom is -0.379 e. The van der Waals surface area contributed by atoms with E-state index in [1.54, 1.807) is 12.1 Å². The number of hydrogen-bond acceptors (Lipinski definition) is 4. The van der Waals surface area contributed by atoms with E-state index >= 15 is 0 Å². The fraction of sp³-hybridized carbons (Fsp3) is 0.682. The van der Waals surface area contributed by atoms with Crippen molar-refractivity contribution in [3.05, 3.63) is 35.6 Å². The largest absolute Gasteiger partial charge is 0.379 e. The van der Waals surface area contributed by atoms with Crippen molar-refractivity contribution in [2.24, 2.45) is 10.9 Å². The highest BCUT2D eigenvalue weighted by Gasteiger charge is 2.32. The van der Waals surface area contributed by atoms with Crippen molar-refractivity contribution in [2.75, 3.05) is 60.0 Å². The lowest BCUT2D eigenvalue weighted by atomic mass is 10.0. The molecule has 7 heteroatoms. The maximum Gasteiger partial charge on any atom is 0.191 e. The summed E-state index contributed by atoms with van der Waals surface area (Å²) in [4.78, 5) is 9.57. The van der Waals surface area contributed by atoms with Gasteiger partial charge in [0, 0.05) is 32.2 Å². The Morgan fingerprint density at radius 1 is 1.21 bits per heavy atom. The zero-order valence-corrected chi connectivity index (χ0v) is 18.0. The third kappa shape index (κ3) is 6.66. The number of nitrogens with zero attached hydrogens (tertiary/aromatic N) is 3. The van der Waals surface area contributed by atoms with Gasteiger partial charge in [0.1, 0.15) is 5.82 Å². The number of guanidine groups is 1. The Bertz CT molecular complexity index is 639. The van der Waals surface area contributed by atoms with E-state index in [1.807, 2.05) is 12.1 Å². The lowest BCUT2D eigenvalue weighted by Gasteiger charge is -2.35. The number of nitrogens with one attached hydrogen (secondary N) is 2. The Morgan fingerprint density at radius 2 is 1.90 bits per heavy atom. The van der Waals surface area contributed by atoms with Crippen molar-refractivity contribution in [2.45, 2.75) is 31.8 Å². The number of benzene rings is 1. The van der Waals surface area contributed by atoms with Gasteiger partial charge in [-0.15, -0.1) is 0 Å². The zero-order valence-electron chi connectivity index (χ0n) is 18.0. The number of aliphatic imine (C=N–C) groups is 1. The van der Waals surface area contributed by atoms with Crippen LogP contribution in [0.1, 0.15) is 31.4 Å². The topological polar surface area (TPSA) is 52.1 Å². The van der Waals surface area contributed by atoms with Gasteiger partial charge in [-0.25, -0.2) is 4.39 Å². The van der Waals surface area contributed by atoms with Crippen LogP contribution in [0.3, 0.4) is 0 Å². The van der Waals surface area contributed by atoms with Crippen LogP contribution in [-0.2, 0) is 4.74 Å². The van der Waals surface area contributed by atoms with Gasteiger partial charge in [-0.3, -0.25) is 9.89 Å². The first kappa shape index (κ1) is 22.0. The third-order valence-electron chi connectivity index (χ3n) is 5.81. The molecule has 1 saturated carbocycles. The van der Waals surface area contributed by atoms with Gasteiger partial charge < -0.3 is 20.3 Å². The van der Waals surface area contributed by atoms with Gasteiger partial charge >= 0.3 is 0 Å². The Morgan fingerprint density at radius 3 is 2.48 bits per heavy atom. The highest BCUT2D eigenvalue weighted by atomic mass is 19.1. The molecule has 0 spiro atoms. The maximum absolute atomic E-state index is 13.4. The first-order valence-electron chi connectivity index (χ1n) is 10.8. The molecule has 2 fully saturated rings. The minimum atomic E-state index is -0.202. The van der Waals surface area contributed by atoms with Gasteiger partial charge in [0.25, 0.3) is 0 Å². The molecule has 6 nitrogen and oxygen atoms in total. The standard InChI is InChI=1S/C22H36FN5O/c1-4-24-22(25-15-20(27(2)3)17-5-6-17)26-16-21(28-11-13-29-14-12-28)18-7-9-19(23)10-8-18/h7-10,17,20-21H,4-6,11-16H2,1-3H3,(H2,24,25,26). The number of rotatable bonds is 9. The summed E-state index contributed by atoms with van der Waals surface area (Å²) in [6.45, 7) is 7.64. The van der Waals surface area contributed by atoms with Crippen LogP contribution in [0.25, 0.3) is 0 Å². The van der Waals surface area contributed by atoms with Crippen LogP contribution < -0.4 is 10.6 Å². The van der Waals surface area contributed by atoms with E-state index in [0.717, 1.165) is 56.8 Å². The van der Waals surface area contributed by atoms with Crippen molar-refractivity contribution in [3.63, 3.8) is 0 Å². The van der Waals surface area contributed by atoms with E-state index in [-0.39, 0.29) is 11.9 Å². The van der Waals surface area contributed by atoms with Crippen LogP contribution >= 0.6 is 0 Å². The van der Waals surface area contributed by atoms with Gasteiger partial charge in [-0.2, -0.15) is 0 Å². The van der Waals surface area contributed by atoms with Crippen LogP contribution in [-0.4, -0.2) is 81.8 Å². The molecular weight excluding hydrogens is 369 g/mol. The number of halogens is 1. The van der Waals surface area contributed by atoms with Crippen molar-refractivity contribution in [3.8, 4) is 0 Å². The van der Waals surface area contributed by atoms with E-state index < -0.39 is 0 Å². The summed E-state index contributed by atoms with van der Waals surface area (Å²) in [5.74, 6) is 1.42. The molecule has 0 aromatic heterocycles. The molecule has 2 unspecified atom stereocenters. The van der Waals surface area contributed by atoms with Gasteiger partial charge in [0.2, 0.25) is 0 Å². The fourth-order valence-electron chi connectivity index (χ4n) is 3.97. The second-order valence-electron chi connectivity index (χ2n) is 8.18. The van der Waals surface area contributed by atoms with Gasteiger partial charge in [-0.05, 0) is 57.5 Å². The molecule has 0 bridgehead atoms. The van der Waals surface area contributed by atoms with Crippen molar-refractivity contribution < 1.29 is 9.13 Å². The van der Waals surface area contributed by atoms with Crippen LogP contribution in [0.15, 0.2) is 29.3 Å². The predicted molar refractivity (Wildman–Crippen MR) is 116 cm³/mol.